The van der Waals surface area contributed by atoms with Crippen molar-refractivity contribution in [3.8, 4) is 0 Å². The molecule has 1 aromatic rings. The Bertz CT molecular complexity index is 326. The van der Waals surface area contributed by atoms with Gasteiger partial charge in [0.05, 0.1) is 6.20 Å². The molecular formula is C8H11ClN4. The molecule has 0 radical (unpaired) electrons. The van der Waals surface area contributed by atoms with Crippen LogP contribution in [0.25, 0.3) is 0 Å². The Hall–Kier alpha value is -0.900. The van der Waals surface area contributed by atoms with Gasteiger partial charge < -0.3 is 5.32 Å². The van der Waals surface area contributed by atoms with Crippen molar-refractivity contribution < 1.29 is 0 Å². The number of nitrogens with one attached hydrogen (secondary N) is 1. The highest BCUT2D eigenvalue weighted by Gasteiger charge is 2.45. The first-order valence-electron chi connectivity index (χ1n) is 4.20. The Labute approximate surface area is 81.7 Å². The summed E-state index contributed by atoms with van der Waals surface area (Å²) in [6, 6.07) is 0.486. The highest BCUT2D eigenvalue weighted by Crippen LogP contribution is 2.46. The first kappa shape index (κ1) is 8.69. The van der Waals surface area contributed by atoms with E-state index in [2.05, 4.69) is 34.3 Å². The van der Waals surface area contributed by atoms with Gasteiger partial charge in [0.25, 0.3) is 0 Å². The molecule has 1 aliphatic carbocycles. The van der Waals surface area contributed by atoms with Crippen LogP contribution in [0, 0.1) is 5.41 Å². The number of nitrogens with zero attached hydrogens (tertiary/aromatic N) is 3. The maximum atomic E-state index is 5.60. The van der Waals surface area contributed by atoms with Crippen LogP contribution in [-0.4, -0.2) is 21.2 Å². The average molecular weight is 199 g/mol. The van der Waals surface area contributed by atoms with E-state index < -0.39 is 0 Å². The molecule has 1 atom stereocenters. The number of halogens is 1. The van der Waals surface area contributed by atoms with E-state index in [1.165, 1.54) is 0 Å². The molecular weight excluding hydrogens is 188 g/mol. The van der Waals surface area contributed by atoms with Crippen molar-refractivity contribution >= 4 is 17.4 Å². The lowest BCUT2D eigenvalue weighted by atomic mass is 10.2. The second-order valence-electron chi connectivity index (χ2n) is 4.00. The molecule has 1 aromatic heterocycles. The second kappa shape index (κ2) is 2.80. The Kier molecular flexibility index (Phi) is 1.87. The minimum absolute atomic E-state index is 0.184. The smallest absolute Gasteiger partial charge is 0.244 e. The van der Waals surface area contributed by atoms with E-state index in [9.17, 15) is 0 Å². The van der Waals surface area contributed by atoms with Gasteiger partial charge in [-0.25, -0.2) is 0 Å². The maximum absolute atomic E-state index is 5.60. The van der Waals surface area contributed by atoms with E-state index in [0.29, 0.717) is 17.3 Å². The molecule has 4 nitrogen and oxygen atoms in total. The van der Waals surface area contributed by atoms with Gasteiger partial charge in [0.2, 0.25) is 5.28 Å². The van der Waals surface area contributed by atoms with Gasteiger partial charge in [-0.1, -0.05) is 13.8 Å². The molecule has 5 heteroatoms. The average Bonchev–Trinajstić information content (AvgIpc) is 2.58. The molecule has 0 spiro atoms. The van der Waals surface area contributed by atoms with Crippen LogP contribution in [0.5, 0.6) is 0 Å². The zero-order valence-corrected chi connectivity index (χ0v) is 8.34. The lowest BCUT2D eigenvalue weighted by Gasteiger charge is -2.05. The SMILES string of the molecule is CC1(C)CC1Nc1cnnc(Cl)n1. The predicted octanol–water partition coefficient (Wildman–Crippen LogP) is 1.74. The topological polar surface area (TPSA) is 50.7 Å². The number of hydrogen-bond acceptors (Lipinski definition) is 4. The van der Waals surface area contributed by atoms with Gasteiger partial charge in [-0.15, -0.1) is 5.10 Å². The third-order valence-electron chi connectivity index (χ3n) is 2.37. The molecule has 0 aliphatic heterocycles. The van der Waals surface area contributed by atoms with Crippen LogP contribution in [0.4, 0.5) is 5.82 Å². The van der Waals surface area contributed by atoms with Gasteiger partial charge in [-0.2, -0.15) is 10.1 Å². The minimum Gasteiger partial charge on any atom is -0.365 e. The highest BCUT2D eigenvalue weighted by molar-refractivity contribution is 6.28. The molecule has 13 heavy (non-hydrogen) atoms. The van der Waals surface area contributed by atoms with Gasteiger partial charge in [0, 0.05) is 6.04 Å². The van der Waals surface area contributed by atoms with Crippen LogP contribution in [0.3, 0.4) is 0 Å². The monoisotopic (exact) mass is 198 g/mol. The van der Waals surface area contributed by atoms with Crippen molar-refractivity contribution in [2.75, 3.05) is 5.32 Å². The zero-order valence-electron chi connectivity index (χ0n) is 7.58. The number of aromatic nitrogens is 3. The van der Waals surface area contributed by atoms with Crippen molar-refractivity contribution in [3.63, 3.8) is 0 Å². The summed E-state index contributed by atoms with van der Waals surface area (Å²) in [7, 11) is 0. The standard InChI is InChI=1S/C8H11ClN4/c1-8(2)3-5(8)11-6-4-10-13-7(9)12-6/h4-5H,3H2,1-2H3,(H,11,12,13). The fourth-order valence-corrected chi connectivity index (χ4v) is 1.38. The molecule has 2 rings (SSSR count). The van der Waals surface area contributed by atoms with Crippen LogP contribution in [0.2, 0.25) is 5.28 Å². The molecule has 0 saturated heterocycles. The molecule has 1 unspecified atom stereocenters. The summed E-state index contributed by atoms with van der Waals surface area (Å²) in [6.45, 7) is 4.42. The first-order valence-corrected chi connectivity index (χ1v) is 4.57. The summed E-state index contributed by atoms with van der Waals surface area (Å²) in [5.41, 5.74) is 0.372. The highest BCUT2D eigenvalue weighted by atomic mass is 35.5. The minimum atomic E-state index is 0.184. The van der Waals surface area contributed by atoms with Crippen LogP contribution in [0.1, 0.15) is 20.3 Å². The van der Waals surface area contributed by atoms with E-state index in [0.717, 1.165) is 6.42 Å². The summed E-state index contributed by atoms with van der Waals surface area (Å²) in [4.78, 5) is 4.00. The molecule has 0 aromatic carbocycles. The summed E-state index contributed by atoms with van der Waals surface area (Å²) in [5, 5.41) is 10.7. The summed E-state index contributed by atoms with van der Waals surface area (Å²) < 4.78 is 0. The summed E-state index contributed by atoms with van der Waals surface area (Å²) in [5.74, 6) is 0.704. The Morgan fingerprint density at radius 3 is 2.85 bits per heavy atom. The third kappa shape index (κ3) is 1.88. The number of rotatable bonds is 2. The Balaban J connectivity index is 2.03. The van der Waals surface area contributed by atoms with E-state index >= 15 is 0 Å². The lowest BCUT2D eigenvalue weighted by Crippen LogP contribution is -2.10. The van der Waals surface area contributed by atoms with E-state index in [-0.39, 0.29) is 5.28 Å². The van der Waals surface area contributed by atoms with Crippen LogP contribution in [-0.2, 0) is 0 Å². The summed E-state index contributed by atoms with van der Waals surface area (Å²) >= 11 is 5.60. The van der Waals surface area contributed by atoms with Crippen LogP contribution in [0.15, 0.2) is 6.20 Å². The maximum Gasteiger partial charge on any atom is 0.244 e. The van der Waals surface area contributed by atoms with Crippen molar-refractivity contribution in [2.24, 2.45) is 5.41 Å². The Morgan fingerprint density at radius 2 is 2.31 bits per heavy atom. The second-order valence-corrected chi connectivity index (χ2v) is 4.34. The van der Waals surface area contributed by atoms with Crippen molar-refractivity contribution in [2.45, 2.75) is 26.3 Å². The summed E-state index contributed by atoms with van der Waals surface area (Å²) in [6.07, 6.45) is 2.74. The van der Waals surface area contributed by atoms with E-state index in [1.54, 1.807) is 6.20 Å². The number of anilines is 1. The van der Waals surface area contributed by atoms with E-state index in [1.807, 2.05) is 0 Å². The molecule has 1 N–H and O–H groups in total. The van der Waals surface area contributed by atoms with E-state index in [4.69, 9.17) is 11.6 Å². The number of hydrogen-bond donors (Lipinski definition) is 1. The molecule has 70 valence electrons. The van der Waals surface area contributed by atoms with Crippen molar-refractivity contribution in [1.29, 1.82) is 0 Å². The zero-order chi connectivity index (χ0) is 9.47. The first-order chi connectivity index (χ1) is 6.08. The van der Waals surface area contributed by atoms with Gasteiger partial charge in [-0.05, 0) is 23.4 Å². The van der Waals surface area contributed by atoms with Gasteiger partial charge in [0.15, 0.2) is 0 Å². The predicted molar refractivity (Wildman–Crippen MR) is 50.6 cm³/mol. The largest absolute Gasteiger partial charge is 0.365 e. The molecule has 1 saturated carbocycles. The molecule has 1 aliphatic rings. The fraction of sp³-hybridized carbons (Fsp3) is 0.625. The van der Waals surface area contributed by atoms with Crippen molar-refractivity contribution in [1.82, 2.24) is 15.2 Å². The molecule has 0 bridgehead atoms. The molecule has 1 fully saturated rings. The van der Waals surface area contributed by atoms with Crippen molar-refractivity contribution in [3.05, 3.63) is 11.5 Å². The fourth-order valence-electron chi connectivity index (χ4n) is 1.24. The molecule has 1 heterocycles. The lowest BCUT2D eigenvalue weighted by molar-refractivity contribution is 0.629. The Morgan fingerprint density at radius 1 is 1.62 bits per heavy atom. The normalized spacial score (nSPS) is 24.1. The molecule has 0 amide bonds. The quantitative estimate of drug-likeness (QED) is 0.787. The van der Waals surface area contributed by atoms with Gasteiger partial charge in [0.1, 0.15) is 5.82 Å². The van der Waals surface area contributed by atoms with Crippen LogP contribution < -0.4 is 5.32 Å². The van der Waals surface area contributed by atoms with Gasteiger partial charge in [-0.3, -0.25) is 0 Å². The third-order valence-corrected chi connectivity index (χ3v) is 2.53. The van der Waals surface area contributed by atoms with Crippen LogP contribution >= 0.6 is 11.6 Å². The van der Waals surface area contributed by atoms with Gasteiger partial charge >= 0.3 is 0 Å².